The Labute approximate surface area is 94.2 Å². The van der Waals surface area contributed by atoms with Gasteiger partial charge in [-0.1, -0.05) is 0 Å². The molecule has 0 rings (SSSR count). The predicted octanol–water partition coefficient (Wildman–Crippen LogP) is -1.82. The van der Waals surface area contributed by atoms with E-state index >= 15 is 0 Å². The fourth-order valence-electron chi connectivity index (χ4n) is 0.787. The van der Waals surface area contributed by atoms with E-state index in [1.807, 2.05) is 0 Å². The molecule has 2 amide bonds. The molecule has 7 nitrogen and oxygen atoms in total. The largest absolute Gasteiger partial charge is 0.528 e. The van der Waals surface area contributed by atoms with Gasteiger partial charge in [-0.2, -0.15) is 6.41 Å². The van der Waals surface area contributed by atoms with E-state index in [0.717, 1.165) is 0 Å². The number of carbonyl (C=O) groups excluding carboxylic acids is 2. The summed E-state index contributed by atoms with van der Waals surface area (Å²) < 4.78 is 15.1. The standard InChI is InChI=1S/C9H17N2O5.Fm/c10-9(13)7-16-6-5-15-4-3-14-2-1-11-8-12;/h1-7H2,(H2,10,13)(H,11,12);/q-1;. The van der Waals surface area contributed by atoms with Gasteiger partial charge in [0.1, 0.15) is 6.61 Å². The Balaban J connectivity index is 0. The zero-order valence-electron chi connectivity index (χ0n) is 9.36. The maximum Gasteiger partial charge on any atom is 0.243 e. The fourth-order valence-corrected chi connectivity index (χ4v) is 0.787. The molecule has 0 saturated heterocycles. The van der Waals surface area contributed by atoms with Gasteiger partial charge in [0, 0.05) is 6.54 Å². The topological polar surface area (TPSA) is 99.9 Å². The minimum Gasteiger partial charge on any atom is -0.528 e. The van der Waals surface area contributed by atoms with E-state index in [9.17, 15) is 9.59 Å². The van der Waals surface area contributed by atoms with E-state index in [4.69, 9.17) is 19.9 Å². The number of ether oxygens (including phenoxy) is 3. The molecule has 0 spiro atoms. The van der Waals surface area contributed by atoms with Crippen LogP contribution >= 0.6 is 0 Å². The maximum atomic E-state index is 10.3. The first-order valence-electron chi connectivity index (χ1n) is 4.89. The minimum atomic E-state index is -0.497. The molecule has 0 aromatic heterocycles. The Hall–Kier alpha value is -2.18. The van der Waals surface area contributed by atoms with Crippen LogP contribution in [0.5, 0.6) is 0 Å². The third-order valence-corrected chi connectivity index (χ3v) is 1.43. The molecule has 0 saturated carbocycles. The Morgan fingerprint density at radius 3 is 2.12 bits per heavy atom. The van der Waals surface area contributed by atoms with Crippen molar-refractivity contribution in [3.05, 3.63) is 0 Å². The van der Waals surface area contributed by atoms with Gasteiger partial charge in [-0.3, -0.25) is 4.79 Å². The van der Waals surface area contributed by atoms with E-state index < -0.39 is 5.91 Å². The van der Waals surface area contributed by atoms with Crippen LogP contribution in [-0.4, -0.2) is 58.5 Å². The van der Waals surface area contributed by atoms with Gasteiger partial charge in [0.05, 0.1) is 33.0 Å². The van der Waals surface area contributed by atoms with Crippen LogP contribution in [0.4, 0.5) is 0 Å². The van der Waals surface area contributed by atoms with Crippen molar-refractivity contribution in [3.8, 4) is 0 Å². The number of nitrogens with two attached hydrogens (primary N) is 1. The van der Waals surface area contributed by atoms with Crippen molar-refractivity contribution in [2.75, 3.05) is 46.2 Å². The van der Waals surface area contributed by atoms with Crippen molar-refractivity contribution in [3.63, 3.8) is 0 Å². The van der Waals surface area contributed by atoms with Crippen LogP contribution in [0.25, 0.3) is 0 Å². The molecule has 17 heavy (non-hydrogen) atoms. The summed E-state index contributed by atoms with van der Waals surface area (Å²) in [5, 5.41) is 2.34. The van der Waals surface area contributed by atoms with Gasteiger partial charge in [-0.25, -0.2) is 0 Å². The zero-order valence-corrected chi connectivity index (χ0v) is 11.8. The molecule has 0 unspecified atom stereocenters. The van der Waals surface area contributed by atoms with Gasteiger partial charge in [-0.15, -0.1) is 0 Å². The Kier molecular flexibility index (Phi) is 14.0. The second-order valence-corrected chi connectivity index (χ2v) is 2.77. The van der Waals surface area contributed by atoms with Gasteiger partial charge in [0.25, 0.3) is 0 Å². The van der Waals surface area contributed by atoms with Crippen molar-refractivity contribution in [1.29, 1.82) is 0 Å². The molecule has 106 valence electrons. The molecule has 0 aliphatic rings. The van der Waals surface area contributed by atoms with Crippen molar-refractivity contribution in [2.24, 2.45) is 5.73 Å². The van der Waals surface area contributed by atoms with Crippen molar-refractivity contribution in [1.82, 2.24) is 5.32 Å². The predicted molar refractivity (Wildman–Crippen MR) is 55.3 cm³/mol. The number of amides is 2. The molecular formula is C9H17FmN2O5-. The summed E-state index contributed by atoms with van der Waals surface area (Å²) >= 11 is 0. The smallest absolute Gasteiger partial charge is 0.243 e. The molecule has 0 heterocycles. The second-order valence-electron chi connectivity index (χ2n) is 2.77. The third kappa shape index (κ3) is 16.5. The van der Waals surface area contributed by atoms with Crippen LogP contribution in [0.1, 0.15) is 0 Å². The molecule has 0 bridgehead atoms. The summed E-state index contributed by atoms with van der Waals surface area (Å²) in [5.74, 6) is -0.497. The first-order chi connectivity index (χ1) is 7.77. The maximum absolute atomic E-state index is 10.3. The van der Waals surface area contributed by atoms with Crippen molar-refractivity contribution < 1.29 is 23.8 Å². The average Bonchev–Trinajstić information content (AvgIpc) is 2.25. The third-order valence-electron chi connectivity index (χ3n) is 1.43. The van der Waals surface area contributed by atoms with E-state index in [1.165, 1.54) is 6.41 Å². The summed E-state index contributed by atoms with van der Waals surface area (Å²) in [7, 11) is 0. The zero-order chi connectivity index (χ0) is 12.1. The molecule has 8 heteroatoms. The first kappa shape index (κ1) is 17.2. The van der Waals surface area contributed by atoms with Crippen molar-refractivity contribution in [2.45, 2.75) is 0 Å². The Morgan fingerprint density at radius 1 is 1.06 bits per heavy atom. The number of carbonyl (C=O) groups is 1. The van der Waals surface area contributed by atoms with E-state index in [-0.39, 0.29) is 6.61 Å². The summed E-state index contributed by atoms with van der Waals surface area (Å²) in [6.45, 7) is 2.36. The van der Waals surface area contributed by atoms with Crippen LogP contribution in [0.2, 0.25) is 0 Å². The SMILES string of the molecule is NC(=O)COCCOCCOCCN[C-]=O.[Fm]. The first-order valence-corrected chi connectivity index (χ1v) is 4.89. The van der Waals surface area contributed by atoms with Gasteiger partial charge in [0.15, 0.2) is 0 Å². The van der Waals surface area contributed by atoms with Crippen LogP contribution in [0.3, 0.4) is 0 Å². The number of nitrogens with one attached hydrogen (secondary N) is 1. The minimum absolute atomic E-state index is 0. The normalized spacial score (nSPS) is 9.41. The molecular weight excluding hydrogens is 473 g/mol. The fraction of sp³-hybridized carbons (Fsp3) is 0.778. The molecule has 0 aliphatic carbocycles. The van der Waals surface area contributed by atoms with E-state index in [2.05, 4.69) is 5.32 Å². The summed E-state index contributed by atoms with van der Waals surface area (Å²) in [6.07, 6.45) is 1.54. The number of rotatable bonds is 12. The van der Waals surface area contributed by atoms with Crippen LogP contribution in [0.15, 0.2) is 0 Å². The molecule has 0 aromatic carbocycles. The molecule has 0 aliphatic heterocycles. The van der Waals surface area contributed by atoms with Gasteiger partial charge >= 0.3 is 0 Å². The molecule has 3 N–H and O–H groups in total. The van der Waals surface area contributed by atoms with Gasteiger partial charge in [0.2, 0.25) is 5.91 Å². The van der Waals surface area contributed by atoms with E-state index in [0.29, 0.717) is 39.6 Å². The van der Waals surface area contributed by atoms with Gasteiger partial charge < -0.3 is 30.1 Å². The Bertz CT molecular complexity index is 194. The number of hydrogen-bond donors (Lipinski definition) is 2. The summed E-state index contributed by atoms with van der Waals surface area (Å²) in [5.41, 5.74) is 4.85. The average molecular weight is 490 g/mol. The molecule has 0 radical (unpaired) electrons. The van der Waals surface area contributed by atoms with Crippen LogP contribution in [-0.2, 0) is 23.8 Å². The monoisotopic (exact) mass is 490 g/mol. The summed E-state index contributed by atoms with van der Waals surface area (Å²) in [6, 6.07) is 0. The Morgan fingerprint density at radius 2 is 1.59 bits per heavy atom. The number of hydrogen-bond acceptors (Lipinski definition) is 5. The summed E-state index contributed by atoms with van der Waals surface area (Å²) in [4.78, 5) is 20.0. The van der Waals surface area contributed by atoms with E-state index in [1.54, 1.807) is 0 Å². The number of primary amides is 1. The molecule has 0 aromatic rings. The van der Waals surface area contributed by atoms with Crippen LogP contribution in [0, 0.1) is 0 Å². The molecule has 0 atom stereocenters. The van der Waals surface area contributed by atoms with Crippen molar-refractivity contribution >= 4 is 12.3 Å². The van der Waals surface area contributed by atoms with Crippen LogP contribution < -0.4 is 11.1 Å². The molecule has 0 fully saturated rings. The quantitative estimate of drug-likeness (QED) is 0.191. The second kappa shape index (κ2) is 13.8. The van der Waals surface area contributed by atoms with Gasteiger partial charge in [-0.05, 0) is 0 Å².